The van der Waals surface area contributed by atoms with Crippen molar-refractivity contribution in [3.05, 3.63) is 59.0 Å². The molecule has 0 atom stereocenters. The van der Waals surface area contributed by atoms with Crippen LogP contribution in [0.2, 0.25) is 0 Å². The van der Waals surface area contributed by atoms with Crippen molar-refractivity contribution >= 4 is 18.4 Å². The summed E-state index contributed by atoms with van der Waals surface area (Å²) in [5, 5.41) is 0. The first-order chi connectivity index (χ1) is 7.78. The molecule has 16 heavy (non-hydrogen) atoms. The van der Waals surface area contributed by atoms with Crippen molar-refractivity contribution in [2.75, 3.05) is 0 Å². The van der Waals surface area contributed by atoms with Gasteiger partial charge in [-0.2, -0.15) is 0 Å². The minimum atomic E-state index is 0.678. The number of carbonyl (C=O) groups is 1. The second-order valence-electron chi connectivity index (χ2n) is 3.57. The summed E-state index contributed by atoms with van der Waals surface area (Å²) >= 11 is 0. The zero-order valence-electron chi connectivity index (χ0n) is 9.01. The third-order valence-corrected chi connectivity index (χ3v) is 2.25. The van der Waals surface area contributed by atoms with Gasteiger partial charge in [0.25, 0.3) is 0 Å². The Morgan fingerprint density at radius 3 is 2.56 bits per heavy atom. The van der Waals surface area contributed by atoms with Crippen molar-refractivity contribution in [3.63, 3.8) is 0 Å². The van der Waals surface area contributed by atoms with Crippen molar-refractivity contribution in [1.29, 1.82) is 0 Å². The molecule has 2 nitrogen and oxygen atoms in total. The van der Waals surface area contributed by atoms with Crippen LogP contribution in [0.1, 0.15) is 27.4 Å². The molecule has 0 unspecified atom stereocenters. The van der Waals surface area contributed by atoms with Crippen LogP contribution in [0.4, 0.5) is 0 Å². The second-order valence-corrected chi connectivity index (χ2v) is 3.57. The van der Waals surface area contributed by atoms with Crippen LogP contribution in [-0.4, -0.2) is 6.29 Å². The highest BCUT2D eigenvalue weighted by Gasteiger charge is 1.94. The molecular weight excluding hydrogens is 200 g/mol. The number of rotatable bonds is 3. The molecule has 0 spiro atoms. The smallest absolute Gasteiger partial charge is 0.150 e. The summed E-state index contributed by atoms with van der Waals surface area (Å²) in [5.41, 5.74) is 1.66. The first-order valence-electron chi connectivity index (χ1n) is 5.08. The predicted octanol–water partition coefficient (Wildman–Crippen LogP) is 3.57. The topological polar surface area (TPSA) is 30.2 Å². The first-order valence-corrected chi connectivity index (χ1v) is 5.08. The van der Waals surface area contributed by atoms with Crippen LogP contribution in [0.15, 0.2) is 40.8 Å². The fourth-order valence-corrected chi connectivity index (χ4v) is 1.46. The molecule has 2 aromatic rings. The van der Waals surface area contributed by atoms with E-state index in [1.807, 2.05) is 49.4 Å². The average molecular weight is 212 g/mol. The van der Waals surface area contributed by atoms with Gasteiger partial charge < -0.3 is 4.42 Å². The lowest BCUT2D eigenvalue weighted by molar-refractivity contribution is 0.112. The maximum Gasteiger partial charge on any atom is 0.150 e. The molecule has 0 fully saturated rings. The Morgan fingerprint density at radius 1 is 1.06 bits per heavy atom. The van der Waals surface area contributed by atoms with Gasteiger partial charge in [0, 0.05) is 5.56 Å². The van der Waals surface area contributed by atoms with Crippen molar-refractivity contribution in [1.82, 2.24) is 0 Å². The molecule has 0 bridgehead atoms. The van der Waals surface area contributed by atoms with Gasteiger partial charge in [0.1, 0.15) is 17.8 Å². The highest BCUT2D eigenvalue weighted by atomic mass is 16.3. The van der Waals surface area contributed by atoms with Gasteiger partial charge in [-0.25, -0.2) is 0 Å². The summed E-state index contributed by atoms with van der Waals surface area (Å²) < 4.78 is 5.41. The van der Waals surface area contributed by atoms with Crippen LogP contribution >= 0.6 is 0 Å². The summed E-state index contributed by atoms with van der Waals surface area (Å²) in [5.74, 6) is 1.70. The van der Waals surface area contributed by atoms with Crippen molar-refractivity contribution < 1.29 is 9.21 Å². The summed E-state index contributed by atoms with van der Waals surface area (Å²) in [4.78, 5) is 10.6. The lowest BCUT2D eigenvalue weighted by atomic mass is 10.1. The molecule has 2 rings (SSSR count). The molecule has 0 aliphatic rings. The highest BCUT2D eigenvalue weighted by Crippen LogP contribution is 2.12. The summed E-state index contributed by atoms with van der Waals surface area (Å²) in [6.07, 6.45) is 4.65. The maximum atomic E-state index is 10.6. The molecule has 0 saturated heterocycles. The third-order valence-electron chi connectivity index (χ3n) is 2.25. The van der Waals surface area contributed by atoms with Gasteiger partial charge in [-0.05, 0) is 36.8 Å². The van der Waals surface area contributed by atoms with Crippen molar-refractivity contribution in [2.45, 2.75) is 6.92 Å². The molecule has 0 radical (unpaired) electrons. The summed E-state index contributed by atoms with van der Waals surface area (Å²) in [6, 6.07) is 11.2. The Bertz CT molecular complexity index is 521. The number of carbonyl (C=O) groups excluding carboxylic acids is 1. The number of benzene rings is 1. The van der Waals surface area contributed by atoms with Gasteiger partial charge in [-0.1, -0.05) is 24.3 Å². The van der Waals surface area contributed by atoms with Crippen LogP contribution in [0, 0.1) is 6.92 Å². The molecule has 0 saturated carbocycles. The third kappa shape index (κ3) is 2.48. The van der Waals surface area contributed by atoms with Crippen LogP contribution in [0.25, 0.3) is 12.2 Å². The standard InChI is InChI=1S/C14H12O2/c1-11-5-7-14(16-11)8-6-12-3-2-4-13(9-12)10-15/h2-10H,1H3/b8-6+. The van der Waals surface area contributed by atoms with Gasteiger partial charge >= 0.3 is 0 Å². The van der Waals surface area contributed by atoms with Gasteiger partial charge in [0.15, 0.2) is 0 Å². The minimum absolute atomic E-state index is 0.678. The number of aryl methyl sites for hydroxylation is 1. The van der Waals surface area contributed by atoms with Gasteiger partial charge in [0.05, 0.1) is 0 Å². The first kappa shape index (κ1) is 10.4. The van der Waals surface area contributed by atoms with E-state index in [4.69, 9.17) is 4.42 Å². The van der Waals surface area contributed by atoms with Crippen LogP contribution in [-0.2, 0) is 0 Å². The average Bonchev–Trinajstić information content (AvgIpc) is 2.73. The lowest BCUT2D eigenvalue weighted by Gasteiger charge is -1.93. The second kappa shape index (κ2) is 4.62. The van der Waals surface area contributed by atoms with Gasteiger partial charge in [-0.15, -0.1) is 0 Å². The molecule has 2 heteroatoms. The zero-order chi connectivity index (χ0) is 11.4. The van der Waals surface area contributed by atoms with Crippen LogP contribution in [0.3, 0.4) is 0 Å². The van der Waals surface area contributed by atoms with E-state index in [1.165, 1.54) is 0 Å². The lowest BCUT2D eigenvalue weighted by Crippen LogP contribution is -1.79. The Hall–Kier alpha value is -2.09. The maximum absolute atomic E-state index is 10.6. The minimum Gasteiger partial charge on any atom is -0.462 e. The molecule has 0 aliphatic carbocycles. The summed E-state index contributed by atoms with van der Waals surface area (Å²) in [6.45, 7) is 1.91. The molecule has 0 N–H and O–H groups in total. The van der Waals surface area contributed by atoms with E-state index in [2.05, 4.69) is 0 Å². The Labute approximate surface area is 94.2 Å². The van der Waals surface area contributed by atoms with Crippen LogP contribution in [0.5, 0.6) is 0 Å². The van der Waals surface area contributed by atoms with Gasteiger partial charge in [0.2, 0.25) is 0 Å². The van der Waals surface area contributed by atoms with E-state index in [9.17, 15) is 4.79 Å². The van der Waals surface area contributed by atoms with Crippen LogP contribution < -0.4 is 0 Å². The molecular formula is C14H12O2. The normalized spacial score (nSPS) is 10.8. The Balaban J connectivity index is 2.19. The highest BCUT2D eigenvalue weighted by molar-refractivity contribution is 5.77. The molecule has 0 aliphatic heterocycles. The van der Waals surface area contributed by atoms with E-state index in [0.717, 1.165) is 23.4 Å². The SMILES string of the molecule is Cc1ccc(/C=C/c2cccc(C=O)c2)o1. The number of hydrogen-bond donors (Lipinski definition) is 0. The largest absolute Gasteiger partial charge is 0.462 e. The number of furan rings is 1. The zero-order valence-corrected chi connectivity index (χ0v) is 9.01. The monoisotopic (exact) mass is 212 g/mol. The molecule has 0 amide bonds. The number of aldehydes is 1. The van der Waals surface area contributed by atoms with Crippen molar-refractivity contribution in [2.24, 2.45) is 0 Å². The van der Waals surface area contributed by atoms with E-state index in [-0.39, 0.29) is 0 Å². The van der Waals surface area contributed by atoms with Gasteiger partial charge in [-0.3, -0.25) is 4.79 Å². The molecule has 1 aromatic heterocycles. The summed E-state index contributed by atoms with van der Waals surface area (Å²) in [7, 11) is 0. The van der Waals surface area contributed by atoms with E-state index < -0.39 is 0 Å². The number of hydrogen-bond acceptors (Lipinski definition) is 2. The Morgan fingerprint density at radius 2 is 1.88 bits per heavy atom. The van der Waals surface area contributed by atoms with Crippen molar-refractivity contribution in [3.8, 4) is 0 Å². The quantitative estimate of drug-likeness (QED) is 0.728. The van der Waals surface area contributed by atoms with E-state index in [0.29, 0.717) is 5.56 Å². The molecule has 1 aromatic carbocycles. The molecule has 80 valence electrons. The predicted molar refractivity (Wildman–Crippen MR) is 64.2 cm³/mol. The fraction of sp³-hybridized carbons (Fsp3) is 0.0714. The molecule has 1 heterocycles. The van der Waals surface area contributed by atoms with E-state index in [1.54, 1.807) is 6.07 Å². The fourth-order valence-electron chi connectivity index (χ4n) is 1.46. The van der Waals surface area contributed by atoms with E-state index >= 15 is 0 Å². The Kier molecular flexibility index (Phi) is 3.01.